The molecule has 0 fully saturated rings. The average Bonchev–Trinajstić information content (AvgIpc) is 2.12. The van der Waals surface area contributed by atoms with Crippen LogP contribution in [-0.2, 0) is 9.22 Å². The van der Waals surface area contributed by atoms with Gasteiger partial charge in [-0.15, -0.1) is 0 Å². The number of aliphatic carboxylic acids is 1. The van der Waals surface area contributed by atoms with Gasteiger partial charge >= 0.3 is 5.97 Å². The molecule has 0 aliphatic carbocycles. The zero-order valence-electron chi connectivity index (χ0n) is 11.9. The maximum Gasteiger partial charge on any atom is 0.331 e. The number of unbranched alkanes of at least 4 members (excludes halogenated alkanes) is 2. The van der Waals surface area contributed by atoms with Crippen molar-refractivity contribution in [3.63, 3.8) is 0 Å². The molecule has 3 nitrogen and oxygen atoms in total. The Kier molecular flexibility index (Phi) is 7.71. The Morgan fingerprint density at radius 3 is 2.24 bits per heavy atom. The molecule has 0 aromatic heterocycles. The molecule has 1 radical (unpaired) electrons. The van der Waals surface area contributed by atoms with E-state index >= 15 is 0 Å². The third-order valence-corrected chi connectivity index (χ3v) is 3.30. The summed E-state index contributed by atoms with van der Waals surface area (Å²) in [4.78, 5) is 10.9. The summed E-state index contributed by atoms with van der Waals surface area (Å²) in [7, 11) is -0.924. The monoisotopic (exact) mass is 259 g/mol. The Morgan fingerprint density at radius 1 is 1.24 bits per heavy atom. The van der Waals surface area contributed by atoms with E-state index in [0.29, 0.717) is 11.8 Å². The average molecular weight is 259 g/mol. The largest absolute Gasteiger partial charge is 0.479 e. The van der Waals surface area contributed by atoms with Gasteiger partial charge in [0.2, 0.25) is 9.04 Å². The predicted molar refractivity (Wildman–Crippen MR) is 72.5 cm³/mol. The molecule has 0 aromatic carbocycles. The molecule has 4 heteroatoms. The van der Waals surface area contributed by atoms with E-state index in [0.717, 1.165) is 12.8 Å². The minimum Gasteiger partial charge on any atom is -0.479 e. The Morgan fingerprint density at radius 2 is 1.82 bits per heavy atom. The molecule has 101 valence electrons. The third-order valence-electron chi connectivity index (χ3n) is 2.55. The second-order valence-corrected chi connectivity index (χ2v) is 8.07. The first kappa shape index (κ1) is 16.6. The minimum absolute atomic E-state index is 0.381. The topological polar surface area (TPSA) is 46.5 Å². The van der Waals surface area contributed by atoms with Crippen molar-refractivity contribution in [1.29, 1.82) is 0 Å². The zero-order valence-corrected chi connectivity index (χ0v) is 12.9. The third kappa shape index (κ3) is 10.5. The Hall–Kier alpha value is -0.353. The van der Waals surface area contributed by atoms with Crippen LogP contribution in [0.25, 0.3) is 0 Å². The highest BCUT2D eigenvalue weighted by molar-refractivity contribution is 6.48. The van der Waals surface area contributed by atoms with Crippen LogP contribution in [0.15, 0.2) is 0 Å². The Labute approximate surface area is 107 Å². The van der Waals surface area contributed by atoms with Crippen LogP contribution in [-0.4, -0.2) is 26.2 Å². The molecular weight excluding hydrogens is 232 g/mol. The van der Waals surface area contributed by atoms with Crippen molar-refractivity contribution in [3.8, 4) is 0 Å². The minimum atomic E-state index is -0.924. The van der Waals surface area contributed by atoms with Crippen molar-refractivity contribution in [2.45, 2.75) is 72.1 Å². The number of carbonyl (C=O) groups is 1. The maximum absolute atomic E-state index is 10.9. The summed E-state index contributed by atoms with van der Waals surface area (Å²) in [6.07, 6.45) is 4.47. The van der Waals surface area contributed by atoms with Gasteiger partial charge in [-0.05, 0) is 31.4 Å². The molecule has 0 aliphatic heterocycles. The van der Waals surface area contributed by atoms with E-state index in [1.165, 1.54) is 12.8 Å². The van der Waals surface area contributed by atoms with Gasteiger partial charge < -0.3 is 9.53 Å². The zero-order chi connectivity index (χ0) is 13.5. The molecular formula is C13H27O3Si. The predicted octanol–water partition coefficient (Wildman–Crippen LogP) is 3.70. The number of hydrogen-bond acceptors (Lipinski definition) is 2. The number of carboxylic acid groups (broad SMARTS) is 1. The maximum atomic E-state index is 10.9. The van der Waals surface area contributed by atoms with Gasteiger partial charge in [-0.2, -0.15) is 0 Å². The summed E-state index contributed by atoms with van der Waals surface area (Å²) in [6.45, 7) is 10.7. The van der Waals surface area contributed by atoms with Gasteiger partial charge in [-0.3, -0.25) is 0 Å². The lowest BCUT2D eigenvalue weighted by Crippen LogP contribution is -2.28. The Balaban J connectivity index is 3.72. The van der Waals surface area contributed by atoms with Crippen molar-refractivity contribution >= 4 is 15.0 Å². The van der Waals surface area contributed by atoms with Crippen molar-refractivity contribution in [3.05, 3.63) is 0 Å². The fraction of sp³-hybridized carbons (Fsp3) is 0.923. The van der Waals surface area contributed by atoms with Crippen LogP contribution < -0.4 is 0 Å². The van der Waals surface area contributed by atoms with E-state index < -0.39 is 21.1 Å². The lowest BCUT2D eigenvalue weighted by molar-refractivity contribution is -0.145. The number of carboxylic acids is 1. The molecule has 0 rings (SSSR count). The SMILES string of the molecule is C[Si](C)OC(CCCCCC(C)(C)C)C(=O)O. The van der Waals surface area contributed by atoms with Crippen LogP contribution in [0.3, 0.4) is 0 Å². The van der Waals surface area contributed by atoms with Gasteiger partial charge in [0.25, 0.3) is 0 Å². The smallest absolute Gasteiger partial charge is 0.331 e. The molecule has 0 bridgehead atoms. The quantitative estimate of drug-likeness (QED) is 0.534. The highest BCUT2D eigenvalue weighted by Gasteiger charge is 2.19. The van der Waals surface area contributed by atoms with E-state index in [2.05, 4.69) is 20.8 Å². The molecule has 0 aromatic rings. The van der Waals surface area contributed by atoms with Gasteiger partial charge in [-0.1, -0.05) is 40.0 Å². The first-order chi connectivity index (χ1) is 7.72. The highest BCUT2D eigenvalue weighted by atomic mass is 28.3. The molecule has 0 saturated heterocycles. The molecule has 0 amide bonds. The van der Waals surface area contributed by atoms with E-state index in [9.17, 15) is 4.79 Å². The number of rotatable bonds is 8. The molecule has 0 heterocycles. The van der Waals surface area contributed by atoms with E-state index in [1.54, 1.807) is 0 Å². The van der Waals surface area contributed by atoms with E-state index in [4.69, 9.17) is 9.53 Å². The van der Waals surface area contributed by atoms with Crippen LogP contribution in [0.2, 0.25) is 13.1 Å². The summed E-state index contributed by atoms with van der Waals surface area (Å²) >= 11 is 0. The second-order valence-electron chi connectivity index (χ2n) is 6.01. The normalized spacial score (nSPS) is 14.0. The van der Waals surface area contributed by atoms with E-state index in [1.807, 2.05) is 13.1 Å². The van der Waals surface area contributed by atoms with Crippen LogP contribution >= 0.6 is 0 Å². The van der Waals surface area contributed by atoms with Crippen molar-refractivity contribution in [2.24, 2.45) is 5.41 Å². The van der Waals surface area contributed by atoms with Crippen LogP contribution in [0.1, 0.15) is 52.9 Å². The lowest BCUT2D eigenvalue weighted by Gasteiger charge is -2.18. The summed E-state index contributed by atoms with van der Waals surface area (Å²) in [5.41, 5.74) is 0.381. The van der Waals surface area contributed by atoms with Crippen molar-refractivity contribution < 1.29 is 14.3 Å². The lowest BCUT2D eigenvalue weighted by atomic mass is 9.89. The van der Waals surface area contributed by atoms with Gasteiger partial charge in [0, 0.05) is 0 Å². The van der Waals surface area contributed by atoms with Crippen LogP contribution in [0, 0.1) is 5.41 Å². The van der Waals surface area contributed by atoms with E-state index in [-0.39, 0.29) is 0 Å². The highest BCUT2D eigenvalue weighted by Crippen LogP contribution is 2.22. The summed E-state index contributed by atoms with van der Waals surface area (Å²) in [6, 6.07) is 0. The molecule has 0 aliphatic rings. The second kappa shape index (κ2) is 7.87. The summed E-state index contributed by atoms with van der Waals surface area (Å²) < 4.78 is 5.46. The first-order valence-corrected chi connectivity index (χ1v) is 8.83. The molecule has 1 unspecified atom stereocenters. The van der Waals surface area contributed by atoms with Crippen LogP contribution in [0.4, 0.5) is 0 Å². The molecule has 1 atom stereocenters. The summed E-state index contributed by atoms with van der Waals surface area (Å²) in [5.74, 6) is -0.813. The van der Waals surface area contributed by atoms with Gasteiger partial charge in [-0.25, -0.2) is 4.79 Å². The van der Waals surface area contributed by atoms with Gasteiger partial charge in [0.05, 0.1) is 0 Å². The standard InChI is InChI=1S/C13H27O3Si/c1-13(2,3)10-8-6-7-9-11(12(14)15)16-17(4)5/h11H,6-10H2,1-5H3,(H,14,15). The molecule has 17 heavy (non-hydrogen) atoms. The fourth-order valence-electron chi connectivity index (χ4n) is 1.68. The first-order valence-electron chi connectivity index (χ1n) is 6.42. The van der Waals surface area contributed by atoms with Gasteiger partial charge in [0.15, 0.2) is 0 Å². The number of hydrogen-bond donors (Lipinski definition) is 1. The fourth-order valence-corrected chi connectivity index (χ4v) is 2.47. The van der Waals surface area contributed by atoms with Gasteiger partial charge in [0.1, 0.15) is 6.10 Å². The van der Waals surface area contributed by atoms with Crippen molar-refractivity contribution in [2.75, 3.05) is 0 Å². The molecule has 1 N–H and O–H groups in total. The molecule has 0 saturated carbocycles. The van der Waals surface area contributed by atoms with Crippen LogP contribution in [0.5, 0.6) is 0 Å². The molecule has 0 spiro atoms. The summed E-state index contributed by atoms with van der Waals surface area (Å²) in [5, 5.41) is 9.00. The Bertz CT molecular complexity index is 221. The van der Waals surface area contributed by atoms with Crippen molar-refractivity contribution in [1.82, 2.24) is 0 Å².